The van der Waals surface area contributed by atoms with Crippen LogP contribution in [0.5, 0.6) is 0 Å². The number of aldehydes is 1. The van der Waals surface area contributed by atoms with Crippen molar-refractivity contribution in [1.82, 2.24) is 10.2 Å². The second-order valence-electron chi connectivity index (χ2n) is 7.86. The Kier molecular flexibility index (Phi) is 12.2. The van der Waals surface area contributed by atoms with Gasteiger partial charge in [0.2, 0.25) is 11.8 Å². The van der Waals surface area contributed by atoms with E-state index in [-0.39, 0.29) is 71.5 Å². The van der Waals surface area contributed by atoms with E-state index in [0.29, 0.717) is 0 Å². The first-order valence-corrected chi connectivity index (χ1v) is 10.4. The number of nitrogens with one attached hydrogen (secondary N) is 1. The number of amides is 3. The van der Waals surface area contributed by atoms with Crippen molar-refractivity contribution >= 4 is 24.0 Å². The minimum absolute atomic E-state index is 0.0232. The van der Waals surface area contributed by atoms with E-state index in [9.17, 15) is 23.6 Å². The molecule has 0 aromatic heterocycles. The van der Waals surface area contributed by atoms with Crippen molar-refractivity contribution < 1.29 is 42.5 Å². The maximum absolute atomic E-state index is 14.2. The summed E-state index contributed by atoms with van der Waals surface area (Å²) in [7, 11) is 0. The lowest BCUT2D eigenvalue weighted by Crippen LogP contribution is -2.36. The molecule has 3 amide bonds. The zero-order valence-corrected chi connectivity index (χ0v) is 18.9. The van der Waals surface area contributed by atoms with E-state index in [4.69, 9.17) is 18.9 Å². The summed E-state index contributed by atoms with van der Waals surface area (Å²) in [4.78, 5) is 46.0. The molecular formula is C21H33FN2O8. The fraction of sp³-hybridized carbons (Fsp3) is 0.714. The number of ether oxygens (including phenoxy) is 4. The number of nitrogens with zero attached hydrogens (tertiary/aromatic N) is 1. The Morgan fingerprint density at radius 2 is 1.62 bits per heavy atom. The highest BCUT2D eigenvalue weighted by Crippen LogP contribution is 2.19. The van der Waals surface area contributed by atoms with Gasteiger partial charge in [0.15, 0.2) is 0 Å². The van der Waals surface area contributed by atoms with Crippen LogP contribution in [0.15, 0.2) is 12.2 Å². The first kappa shape index (κ1) is 27.8. The molecule has 1 unspecified atom stereocenters. The molecule has 1 atom stereocenters. The van der Waals surface area contributed by atoms with Crippen molar-refractivity contribution in [2.24, 2.45) is 0 Å². The first-order chi connectivity index (χ1) is 15.1. The Balaban J connectivity index is 1.96. The van der Waals surface area contributed by atoms with Gasteiger partial charge in [0.1, 0.15) is 12.9 Å². The standard InChI is InChI=1S/C21H33FN2O8/c1-20(2,7-10-25)32-16-21(3,22)31-15-14-30-13-12-29-11-8-23-17(26)6-9-24-18(27)4-5-19(24)28/h4-5,10H,6-9,11-16H2,1-3H3,(H,23,26). The quantitative estimate of drug-likeness (QED) is 0.179. The Labute approximate surface area is 187 Å². The van der Waals surface area contributed by atoms with Crippen molar-refractivity contribution in [2.75, 3.05) is 52.7 Å². The average Bonchev–Trinajstić information content (AvgIpc) is 3.04. The third-order valence-corrected chi connectivity index (χ3v) is 4.33. The lowest BCUT2D eigenvalue weighted by atomic mass is 10.1. The zero-order valence-electron chi connectivity index (χ0n) is 18.9. The van der Waals surface area contributed by atoms with E-state index in [0.717, 1.165) is 11.2 Å². The predicted octanol–water partition coefficient (Wildman–Crippen LogP) is 0.537. The van der Waals surface area contributed by atoms with Crippen LogP contribution in [0.3, 0.4) is 0 Å². The summed E-state index contributed by atoms with van der Waals surface area (Å²) in [5.41, 5.74) is -0.755. The lowest BCUT2D eigenvalue weighted by molar-refractivity contribution is -0.198. The molecule has 1 aliphatic heterocycles. The van der Waals surface area contributed by atoms with Crippen LogP contribution in [0.4, 0.5) is 4.39 Å². The molecular weight excluding hydrogens is 427 g/mol. The van der Waals surface area contributed by atoms with Gasteiger partial charge in [-0.05, 0) is 20.8 Å². The summed E-state index contributed by atoms with van der Waals surface area (Å²) in [6.45, 7) is 5.68. The average molecular weight is 460 g/mol. The van der Waals surface area contributed by atoms with Gasteiger partial charge in [-0.2, -0.15) is 0 Å². The number of rotatable bonds is 18. The number of hydrogen-bond acceptors (Lipinski definition) is 8. The minimum atomic E-state index is -2.00. The Morgan fingerprint density at radius 1 is 1.03 bits per heavy atom. The van der Waals surface area contributed by atoms with Gasteiger partial charge in [-0.15, -0.1) is 0 Å². The number of alkyl halides is 1. The molecule has 1 heterocycles. The van der Waals surface area contributed by atoms with Gasteiger partial charge in [-0.25, -0.2) is 4.39 Å². The van der Waals surface area contributed by atoms with E-state index >= 15 is 0 Å². The van der Waals surface area contributed by atoms with Crippen LogP contribution >= 0.6 is 0 Å². The fourth-order valence-electron chi connectivity index (χ4n) is 2.48. The molecule has 0 fully saturated rings. The van der Waals surface area contributed by atoms with Crippen LogP contribution in [0.25, 0.3) is 0 Å². The number of halogens is 1. The van der Waals surface area contributed by atoms with Crippen molar-refractivity contribution in [1.29, 1.82) is 0 Å². The highest BCUT2D eigenvalue weighted by molar-refractivity contribution is 6.13. The second-order valence-corrected chi connectivity index (χ2v) is 7.86. The molecule has 182 valence electrons. The SMILES string of the molecule is CC(C)(CC=O)OCC(C)(F)OCCOCCOCCNC(=O)CCN1C(=O)C=CC1=O. The van der Waals surface area contributed by atoms with E-state index < -0.39 is 23.3 Å². The Bertz CT molecular complexity index is 648. The predicted molar refractivity (Wildman–Crippen MR) is 111 cm³/mol. The number of imide groups is 1. The van der Waals surface area contributed by atoms with Crippen molar-refractivity contribution in [2.45, 2.75) is 45.1 Å². The summed E-state index contributed by atoms with van der Waals surface area (Å²) in [5, 5.41) is 2.63. The molecule has 1 N–H and O–H groups in total. The minimum Gasteiger partial charge on any atom is -0.377 e. The Hall–Kier alpha value is -2.21. The summed E-state index contributed by atoms with van der Waals surface area (Å²) in [6, 6.07) is 0. The van der Waals surface area contributed by atoms with Gasteiger partial charge in [0.05, 0.1) is 38.6 Å². The molecule has 0 bridgehead atoms. The van der Waals surface area contributed by atoms with Gasteiger partial charge in [0, 0.05) is 38.1 Å². The smallest absolute Gasteiger partial charge is 0.253 e. The number of carbonyl (C=O) groups excluding carboxylic acids is 4. The summed E-state index contributed by atoms with van der Waals surface area (Å²) < 4.78 is 35.3. The van der Waals surface area contributed by atoms with E-state index in [1.165, 1.54) is 19.1 Å². The molecule has 0 spiro atoms. The van der Waals surface area contributed by atoms with Crippen LogP contribution < -0.4 is 5.32 Å². The molecule has 0 saturated heterocycles. The van der Waals surface area contributed by atoms with Crippen LogP contribution in [-0.2, 0) is 38.1 Å². The Morgan fingerprint density at radius 3 is 2.25 bits per heavy atom. The highest BCUT2D eigenvalue weighted by atomic mass is 19.2. The molecule has 11 heteroatoms. The van der Waals surface area contributed by atoms with Crippen LogP contribution in [0, 0.1) is 0 Å². The summed E-state index contributed by atoms with van der Waals surface area (Å²) in [5.74, 6) is -3.12. The normalized spacial score (nSPS) is 15.8. The summed E-state index contributed by atoms with van der Waals surface area (Å²) >= 11 is 0. The van der Waals surface area contributed by atoms with Gasteiger partial charge in [-0.1, -0.05) is 0 Å². The van der Waals surface area contributed by atoms with Crippen molar-refractivity contribution in [3.05, 3.63) is 12.2 Å². The van der Waals surface area contributed by atoms with E-state index in [1.807, 2.05) is 0 Å². The molecule has 32 heavy (non-hydrogen) atoms. The molecule has 0 aliphatic carbocycles. The van der Waals surface area contributed by atoms with Crippen LogP contribution in [0.1, 0.15) is 33.6 Å². The highest BCUT2D eigenvalue weighted by Gasteiger charge is 2.29. The molecule has 0 radical (unpaired) electrons. The number of hydrogen-bond donors (Lipinski definition) is 1. The molecule has 0 aromatic carbocycles. The van der Waals surface area contributed by atoms with Gasteiger partial charge >= 0.3 is 0 Å². The molecule has 1 rings (SSSR count). The van der Waals surface area contributed by atoms with Gasteiger partial charge in [0.25, 0.3) is 11.8 Å². The topological polar surface area (TPSA) is 120 Å². The molecule has 10 nitrogen and oxygen atoms in total. The maximum Gasteiger partial charge on any atom is 0.253 e. The van der Waals surface area contributed by atoms with Crippen molar-refractivity contribution in [3.8, 4) is 0 Å². The monoisotopic (exact) mass is 460 g/mol. The van der Waals surface area contributed by atoms with Crippen LogP contribution in [0.2, 0.25) is 0 Å². The second kappa shape index (κ2) is 14.0. The maximum atomic E-state index is 14.2. The third-order valence-electron chi connectivity index (χ3n) is 4.33. The zero-order chi connectivity index (χ0) is 24.0. The first-order valence-electron chi connectivity index (χ1n) is 10.4. The largest absolute Gasteiger partial charge is 0.377 e. The van der Waals surface area contributed by atoms with E-state index in [1.54, 1.807) is 13.8 Å². The number of carbonyl (C=O) groups is 4. The van der Waals surface area contributed by atoms with Crippen LogP contribution in [-0.4, -0.2) is 93.1 Å². The molecule has 0 saturated carbocycles. The summed E-state index contributed by atoms with van der Waals surface area (Å²) in [6.07, 6.45) is 3.25. The molecule has 0 aromatic rings. The fourth-order valence-corrected chi connectivity index (χ4v) is 2.48. The van der Waals surface area contributed by atoms with E-state index in [2.05, 4.69) is 5.32 Å². The van der Waals surface area contributed by atoms with Gasteiger partial charge < -0.3 is 29.1 Å². The molecule has 1 aliphatic rings. The third kappa shape index (κ3) is 12.0. The lowest BCUT2D eigenvalue weighted by Gasteiger charge is -2.28. The van der Waals surface area contributed by atoms with Crippen molar-refractivity contribution in [3.63, 3.8) is 0 Å². The van der Waals surface area contributed by atoms with Gasteiger partial charge in [-0.3, -0.25) is 19.3 Å².